The topological polar surface area (TPSA) is 43.4 Å². The molecule has 252 valence electrons. The Bertz CT molecular complexity index is 1140. The molecule has 0 fully saturated rings. The van der Waals surface area contributed by atoms with Crippen LogP contribution in [0.15, 0.2) is 23.3 Å². The maximum absolute atomic E-state index is 13.8. The lowest BCUT2D eigenvalue weighted by molar-refractivity contribution is -0.436. The quantitative estimate of drug-likeness (QED) is 0.101. The van der Waals surface area contributed by atoms with Crippen LogP contribution in [0.25, 0.3) is 0 Å². The Hall–Kier alpha value is -2.92. The van der Waals surface area contributed by atoms with Crippen molar-refractivity contribution in [1.29, 1.82) is 0 Å². The zero-order valence-electron chi connectivity index (χ0n) is 19.7. The molecule has 3 nitrogen and oxygen atoms in total. The van der Waals surface area contributed by atoms with Gasteiger partial charge in [0.1, 0.15) is 0 Å². The number of allylic oxidation sites excluding steroid dienone is 2. The molecule has 0 spiro atoms. The second-order valence-corrected chi connectivity index (χ2v) is 8.02. The molecule has 0 rings (SSSR count). The number of halogens is 22. The van der Waals surface area contributed by atoms with Crippen LogP contribution in [-0.4, -0.2) is 71.7 Å². The minimum absolute atomic E-state index is 0.198. The molecule has 0 aromatic rings. The smallest absolute Gasteiger partial charge is 0.386 e. The van der Waals surface area contributed by atoms with Gasteiger partial charge in [0.15, 0.2) is 0 Å². The summed E-state index contributed by atoms with van der Waals surface area (Å²) in [4.78, 5) is 23.0. The first-order valence-electron chi connectivity index (χ1n) is 9.63. The number of hydrogen-bond donors (Lipinski definition) is 0. The summed E-state index contributed by atoms with van der Waals surface area (Å²) in [5, 5.41) is 0. The monoisotopic (exact) mass is 690 g/mol. The lowest BCUT2D eigenvalue weighted by atomic mass is 9.93. The summed E-state index contributed by atoms with van der Waals surface area (Å²) in [5.41, 5.74) is -4.59. The zero-order valence-corrected chi connectivity index (χ0v) is 19.7. The Morgan fingerprint density at radius 1 is 0.395 bits per heavy atom. The Labute approximate surface area is 221 Å². The van der Waals surface area contributed by atoms with Gasteiger partial charge in [0.05, 0.1) is 0 Å². The van der Waals surface area contributed by atoms with E-state index in [2.05, 4.69) is 4.74 Å². The molecule has 0 aromatic heterocycles. The van der Waals surface area contributed by atoms with Gasteiger partial charge < -0.3 is 4.74 Å². The van der Waals surface area contributed by atoms with E-state index in [-0.39, 0.29) is 13.8 Å². The lowest BCUT2D eigenvalue weighted by Crippen LogP contribution is -2.69. The van der Waals surface area contributed by atoms with Crippen LogP contribution in [0.1, 0.15) is 13.8 Å². The third-order valence-electron chi connectivity index (χ3n) is 4.75. The van der Waals surface area contributed by atoms with Crippen molar-refractivity contribution >= 4 is 11.9 Å². The lowest BCUT2D eigenvalue weighted by Gasteiger charge is -2.39. The van der Waals surface area contributed by atoms with Crippen LogP contribution in [-0.2, 0) is 14.3 Å². The Balaban J connectivity index is 6.36. The fourth-order valence-electron chi connectivity index (χ4n) is 2.26. The summed E-state index contributed by atoms with van der Waals surface area (Å²) in [7, 11) is 0. The first-order chi connectivity index (χ1) is 18.3. The van der Waals surface area contributed by atoms with Crippen LogP contribution in [0.5, 0.6) is 0 Å². The van der Waals surface area contributed by atoms with E-state index < -0.39 is 95.0 Å². The minimum atomic E-state index is -8.33. The SMILES string of the molecule is CC(=CC(F)(F)C(F)(F)C(F)(F)C(F)(F)F)C(=O)OC(=O)C(C)=CC(F)(F)C(F)(F)C(F)(F)C(F)(F)C(F)(F)C(F)(F)F. The van der Waals surface area contributed by atoms with Gasteiger partial charge in [-0.3, -0.25) is 0 Å². The van der Waals surface area contributed by atoms with Gasteiger partial charge in [0, 0.05) is 23.3 Å². The van der Waals surface area contributed by atoms with Crippen molar-refractivity contribution in [3.8, 4) is 0 Å². The van der Waals surface area contributed by atoms with Gasteiger partial charge in [-0.05, 0) is 13.8 Å². The van der Waals surface area contributed by atoms with Gasteiger partial charge in [0.2, 0.25) is 0 Å². The fourth-order valence-corrected chi connectivity index (χ4v) is 2.26. The first-order valence-corrected chi connectivity index (χ1v) is 9.63. The van der Waals surface area contributed by atoms with Crippen molar-refractivity contribution in [2.45, 2.75) is 73.6 Å². The molecule has 0 unspecified atom stereocenters. The van der Waals surface area contributed by atoms with Gasteiger partial charge in [-0.25, -0.2) is 9.59 Å². The van der Waals surface area contributed by atoms with Crippen LogP contribution >= 0.6 is 0 Å². The number of rotatable bonds is 10. The van der Waals surface area contributed by atoms with E-state index in [1.165, 1.54) is 0 Å². The predicted molar refractivity (Wildman–Crippen MR) is 90.3 cm³/mol. The van der Waals surface area contributed by atoms with E-state index in [4.69, 9.17) is 0 Å². The molecule has 0 N–H and O–H groups in total. The molecule has 43 heavy (non-hydrogen) atoms. The Kier molecular flexibility index (Phi) is 10.2. The zero-order chi connectivity index (χ0) is 35.4. The highest BCUT2D eigenvalue weighted by Gasteiger charge is 2.90. The van der Waals surface area contributed by atoms with Crippen molar-refractivity contribution in [3.63, 3.8) is 0 Å². The van der Waals surface area contributed by atoms with Crippen LogP contribution < -0.4 is 0 Å². The maximum atomic E-state index is 13.8. The van der Waals surface area contributed by atoms with Crippen molar-refractivity contribution in [3.05, 3.63) is 23.3 Å². The van der Waals surface area contributed by atoms with Crippen LogP contribution in [0, 0.1) is 0 Å². The molecule has 0 bridgehead atoms. The molecule has 0 aliphatic rings. The predicted octanol–water partition coefficient (Wildman–Crippen LogP) is 8.16. The normalized spacial score (nSPS) is 16.4. The number of alkyl halides is 22. The van der Waals surface area contributed by atoms with E-state index in [0.29, 0.717) is 0 Å². The summed E-state index contributed by atoms with van der Waals surface area (Å²) < 4.78 is 288. The van der Waals surface area contributed by atoms with Crippen molar-refractivity contribution in [1.82, 2.24) is 0 Å². The molecule has 0 amide bonds. The van der Waals surface area contributed by atoms with Crippen LogP contribution in [0.4, 0.5) is 96.6 Å². The first kappa shape index (κ1) is 40.1. The molecule has 25 heteroatoms. The molecule has 0 radical (unpaired) electrons. The van der Waals surface area contributed by atoms with Crippen molar-refractivity contribution < 1.29 is 111 Å². The summed E-state index contributed by atoms with van der Waals surface area (Å²) >= 11 is 0. The number of hydrogen-bond acceptors (Lipinski definition) is 3. The summed E-state index contributed by atoms with van der Waals surface area (Å²) in [6, 6.07) is 0. The Morgan fingerprint density at radius 2 is 0.605 bits per heavy atom. The van der Waals surface area contributed by atoms with Crippen LogP contribution in [0.3, 0.4) is 0 Å². The molecule has 0 aliphatic carbocycles. The van der Waals surface area contributed by atoms with Gasteiger partial charge in [-0.15, -0.1) is 0 Å². The molecule has 0 saturated carbocycles. The molecule has 0 aromatic carbocycles. The number of carbonyl (C=O) groups is 2. The number of carbonyl (C=O) groups excluding carboxylic acids is 2. The maximum Gasteiger partial charge on any atom is 0.460 e. The molecular formula is C18H8F22O3. The number of esters is 2. The van der Waals surface area contributed by atoms with E-state index >= 15 is 0 Å². The molecule has 0 atom stereocenters. The second kappa shape index (κ2) is 10.9. The number of ether oxygens (including phenoxy) is 1. The van der Waals surface area contributed by atoms with E-state index in [1.54, 1.807) is 0 Å². The van der Waals surface area contributed by atoms with E-state index in [0.717, 1.165) is 0 Å². The summed E-state index contributed by atoms with van der Waals surface area (Å²) in [6.07, 6.45) is -18.7. The van der Waals surface area contributed by atoms with Crippen molar-refractivity contribution in [2.24, 2.45) is 0 Å². The summed E-state index contributed by atoms with van der Waals surface area (Å²) in [6.45, 7) is -0.498. The molecule has 0 aliphatic heterocycles. The highest BCUT2D eigenvalue weighted by Crippen LogP contribution is 2.60. The highest BCUT2D eigenvalue weighted by molar-refractivity contribution is 6.01. The van der Waals surface area contributed by atoms with E-state index in [9.17, 15) is 106 Å². The fraction of sp³-hybridized carbons (Fsp3) is 0.667. The van der Waals surface area contributed by atoms with Gasteiger partial charge in [-0.1, -0.05) is 0 Å². The molecule has 0 heterocycles. The van der Waals surface area contributed by atoms with E-state index in [1.807, 2.05) is 0 Å². The molecule has 0 saturated heterocycles. The third-order valence-corrected chi connectivity index (χ3v) is 4.75. The van der Waals surface area contributed by atoms with Crippen molar-refractivity contribution in [2.75, 3.05) is 0 Å². The van der Waals surface area contributed by atoms with Gasteiger partial charge >= 0.3 is 71.7 Å². The minimum Gasteiger partial charge on any atom is -0.386 e. The highest BCUT2D eigenvalue weighted by atomic mass is 19.4. The third kappa shape index (κ3) is 6.48. The molecular weight excluding hydrogens is 682 g/mol. The largest absolute Gasteiger partial charge is 0.460 e. The average Bonchev–Trinajstić information content (AvgIpc) is 2.75. The Morgan fingerprint density at radius 3 is 0.860 bits per heavy atom. The second-order valence-electron chi connectivity index (χ2n) is 8.02. The van der Waals surface area contributed by atoms with Gasteiger partial charge in [-0.2, -0.15) is 96.6 Å². The van der Waals surface area contributed by atoms with Crippen LogP contribution in [0.2, 0.25) is 0 Å². The summed E-state index contributed by atoms with van der Waals surface area (Å²) in [5.74, 6) is -67.0. The average molecular weight is 690 g/mol. The van der Waals surface area contributed by atoms with Gasteiger partial charge in [0.25, 0.3) is 0 Å². The standard InChI is InChI=1S/C18H8F22O3/c1-5(3-9(19,20)11(23,24)13(27,28)14(29,30)16(33,34)18(38,39)40)7(41)43-8(42)6(2)4-10(21,22)12(25,26)15(31,32)17(35,36)37/h3-4H,1-2H3.